The van der Waals surface area contributed by atoms with E-state index in [1.807, 2.05) is 36.4 Å². The topological polar surface area (TPSA) is 46.9 Å². The van der Waals surface area contributed by atoms with Crippen LogP contribution in [-0.4, -0.2) is 58.4 Å². The smallest absolute Gasteiger partial charge is 0.0603 e. The summed E-state index contributed by atoms with van der Waals surface area (Å²) in [6.45, 7) is 3.52. The van der Waals surface area contributed by atoms with E-state index in [9.17, 15) is 10.2 Å². The zero-order chi connectivity index (χ0) is 16.8. The molecule has 0 aliphatic carbocycles. The Morgan fingerprint density at radius 3 is 1.38 bits per heavy atom. The van der Waals surface area contributed by atoms with Gasteiger partial charge in [0.1, 0.15) is 0 Å². The van der Waals surface area contributed by atoms with Crippen molar-refractivity contribution in [3.63, 3.8) is 0 Å². The molecule has 2 atom stereocenters. The lowest BCUT2D eigenvalue weighted by Crippen LogP contribution is -2.61. The largest absolute Gasteiger partial charge is 0.395 e. The summed E-state index contributed by atoms with van der Waals surface area (Å²) in [5.41, 5.74) is 2.48. The van der Waals surface area contributed by atoms with Crippen molar-refractivity contribution in [2.75, 3.05) is 26.3 Å². The van der Waals surface area contributed by atoms with Gasteiger partial charge in [0.25, 0.3) is 0 Å². The summed E-state index contributed by atoms with van der Waals surface area (Å²) in [5.74, 6) is 0. The summed E-state index contributed by atoms with van der Waals surface area (Å²) >= 11 is 0. The second-order valence-corrected chi connectivity index (χ2v) is 6.41. The summed E-state index contributed by atoms with van der Waals surface area (Å²) < 4.78 is 0. The standard InChI is InChI=1S/C20H26N2O2/c23-15-19-20(16-24)22(14-18-9-5-2-6-10-18)12-11-21(19)13-17-7-3-1-4-8-17/h1-10,19-20,23-24H,11-16H2. The first-order valence-corrected chi connectivity index (χ1v) is 8.59. The maximum absolute atomic E-state index is 9.95. The van der Waals surface area contributed by atoms with Crippen LogP contribution in [0.25, 0.3) is 0 Å². The van der Waals surface area contributed by atoms with Crippen LogP contribution < -0.4 is 0 Å². The second kappa shape index (κ2) is 8.40. The molecule has 0 spiro atoms. The van der Waals surface area contributed by atoms with E-state index in [2.05, 4.69) is 34.1 Å². The average molecular weight is 326 g/mol. The predicted octanol–water partition coefficient (Wildman–Crippen LogP) is 1.73. The molecule has 1 aliphatic rings. The lowest BCUT2D eigenvalue weighted by atomic mass is 10.0. The fraction of sp³-hybridized carbons (Fsp3) is 0.400. The summed E-state index contributed by atoms with van der Waals surface area (Å²) in [7, 11) is 0. The third-order valence-electron chi connectivity index (χ3n) is 4.89. The Hall–Kier alpha value is -1.72. The summed E-state index contributed by atoms with van der Waals surface area (Å²) in [5, 5.41) is 19.9. The molecular formula is C20H26N2O2. The molecule has 2 unspecified atom stereocenters. The van der Waals surface area contributed by atoms with Gasteiger partial charge in [0, 0.05) is 26.2 Å². The molecule has 4 heteroatoms. The summed E-state index contributed by atoms with van der Waals surface area (Å²) in [4.78, 5) is 4.58. The van der Waals surface area contributed by atoms with Crippen molar-refractivity contribution in [3.8, 4) is 0 Å². The molecule has 0 saturated carbocycles. The fourth-order valence-electron chi connectivity index (χ4n) is 3.58. The van der Waals surface area contributed by atoms with Crippen LogP contribution in [0.3, 0.4) is 0 Å². The Morgan fingerprint density at radius 2 is 1.04 bits per heavy atom. The molecule has 0 bridgehead atoms. The number of piperazine rings is 1. The van der Waals surface area contributed by atoms with E-state index in [1.54, 1.807) is 0 Å². The molecule has 1 fully saturated rings. The van der Waals surface area contributed by atoms with E-state index in [0.29, 0.717) is 0 Å². The predicted molar refractivity (Wildman–Crippen MR) is 95.5 cm³/mol. The monoisotopic (exact) mass is 326 g/mol. The van der Waals surface area contributed by atoms with E-state index in [0.717, 1.165) is 26.2 Å². The molecule has 2 aromatic rings. The van der Waals surface area contributed by atoms with Gasteiger partial charge in [-0.25, -0.2) is 0 Å². The first kappa shape index (κ1) is 17.1. The lowest BCUT2D eigenvalue weighted by Gasteiger charge is -2.46. The lowest BCUT2D eigenvalue weighted by molar-refractivity contribution is -0.0367. The van der Waals surface area contributed by atoms with Gasteiger partial charge >= 0.3 is 0 Å². The zero-order valence-corrected chi connectivity index (χ0v) is 14.0. The summed E-state index contributed by atoms with van der Waals surface area (Å²) in [6.07, 6.45) is 0. The number of nitrogens with zero attached hydrogens (tertiary/aromatic N) is 2. The molecule has 4 nitrogen and oxygen atoms in total. The minimum Gasteiger partial charge on any atom is -0.395 e. The Bertz CT molecular complexity index is 550. The first-order chi connectivity index (χ1) is 11.8. The van der Waals surface area contributed by atoms with Crippen molar-refractivity contribution in [2.24, 2.45) is 0 Å². The van der Waals surface area contributed by atoms with Gasteiger partial charge in [0.05, 0.1) is 25.3 Å². The van der Waals surface area contributed by atoms with Crippen LogP contribution in [0, 0.1) is 0 Å². The molecule has 2 N–H and O–H groups in total. The van der Waals surface area contributed by atoms with Crippen LogP contribution in [-0.2, 0) is 13.1 Å². The van der Waals surface area contributed by atoms with Gasteiger partial charge in [-0.15, -0.1) is 0 Å². The first-order valence-electron chi connectivity index (χ1n) is 8.59. The Balaban J connectivity index is 1.71. The van der Waals surface area contributed by atoms with Gasteiger partial charge in [0.2, 0.25) is 0 Å². The van der Waals surface area contributed by atoms with Gasteiger partial charge in [-0.3, -0.25) is 9.80 Å². The Labute approximate surface area is 144 Å². The minimum atomic E-state index is -0.0485. The van der Waals surface area contributed by atoms with Crippen LogP contribution in [0.15, 0.2) is 60.7 Å². The van der Waals surface area contributed by atoms with Gasteiger partial charge in [-0.05, 0) is 11.1 Å². The van der Waals surface area contributed by atoms with E-state index >= 15 is 0 Å². The van der Waals surface area contributed by atoms with Crippen LogP contribution in [0.2, 0.25) is 0 Å². The van der Waals surface area contributed by atoms with Crippen molar-refractivity contribution in [2.45, 2.75) is 25.2 Å². The molecule has 0 aromatic heterocycles. The van der Waals surface area contributed by atoms with Crippen LogP contribution in [0.1, 0.15) is 11.1 Å². The number of hydrogen-bond donors (Lipinski definition) is 2. The number of aliphatic hydroxyl groups is 2. The maximum Gasteiger partial charge on any atom is 0.0603 e. The number of aliphatic hydroxyl groups excluding tert-OH is 2. The highest BCUT2D eigenvalue weighted by atomic mass is 16.3. The van der Waals surface area contributed by atoms with E-state index in [1.165, 1.54) is 11.1 Å². The Morgan fingerprint density at radius 1 is 0.667 bits per heavy atom. The fourth-order valence-corrected chi connectivity index (χ4v) is 3.58. The van der Waals surface area contributed by atoms with Crippen LogP contribution >= 0.6 is 0 Å². The van der Waals surface area contributed by atoms with Gasteiger partial charge in [0.15, 0.2) is 0 Å². The summed E-state index contributed by atoms with van der Waals surface area (Å²) in [6, 6.07) is 20.5. The molecule has 1 aliphatic heterocycles. The van der Waals surface area contributed by atoms with Gasteiger partial charge in [-0.1, -0.05) is 60.7 Å². The molecular weight excluding hydrogens is 300 g/mol. The SMILES string of the molecule is OCC1C(CO)N(Cc2ccccc2)CCN1Cc1ccccc1. The highest BCUT2D eigenvalue weighted by molar-refractivity contribution is 5.16. The second-order valence-electron chi connectivity index (χ2n) is 6.41. The van der Waals surface area contributed by atoms with E-state index < -0.39 is 0 Å². The van der Waals surface area contributed by atoms with E-state index in [-0.39, 0.29) is 25.3 Å². The van der Waals surface area contributed by atoms with Gasteiger partial charge < -0.3 is 10.2 Å². The van der Waals surface area contributed by atoms with Gasteiger partial charge in [-0.2, -0.15) is 0 Å². The van der Waals surface area contributed by atoms with E-state index in [4.69, 9.17) is 0 Å². The molecule has 2 aromatic carbocycles. The van der Waals surface area contributed by atoms with Crippen LogP contribution in [0.4, 0.5) is 0 Å². The molecule has 3 rings (SSSR count). The quantitative estimate of drug-likeness (QED) is 0.849. The third-order valence-corrected chi connectivity index (χ3v) is 4.89. The molecule has 0 radical (unpaired) electrons. The van der Waals surface area contributed by atoms with Crippen molar-refractivity contribution < 1.29 is 10.2 Å². The molecule has 0 amide bonds. The van der Waals surface area contributed by atoms with Crippen molar-refractivity contribution in [1.82, 2.24) is 9.80 Å². The average Bonchev–Trinajstić information content (AvgIpc) is 2.64. The van der Waals surface area contributed by atoms with Crippen molar-refractivity contribution in [3.05, 3.63) is 71.8 Å². The zero-order valence-electron chi connectivity index (χ0n) is 14.0. The van der Waals surface area contributed by atoms with Crippen molar-refractivity contribution >= 4 is 0 Å². The number of hydrogen-bond acceptors (Lipinski definition) is 4. The highest BCUT2D eigenvalue weighted by Gasteiger charge is 2.35. The molecule has 1 saturated heterocycles. The number of rotatable bonds is 6. The molecule has 1 heterocycles. The maximum atomic E-state index is 9.95. The molecule has 24 heavy (non-hydrogen) atoms. The van der Waals surface area contributed by atoms with Crippen molar-refractivity contribution in [1.29, 1.82) is 0 Å². The third kappa shape index (κ3) is 4.02. The van der Waals surface area contributed by atoms with Crippen LogP contribution in [0.5, 0.6) is 0 Å². The minimum absolute atomic E-state index is 0.0485. The normalized spacial score (nSPS) is 22.6. The highest BCUT2D eigenvalue weighted by Crippen LogP contribution is 2.21. The molecule has 128 valence electrons. The Kier molecular flexibility index (Phi) is 5.99. The number of benzene rings is 2.